The number of nitrogens with zero attached hydrogens (tertiary/aromatic N) is 1. The Kier molecular flexibility index (Phi) is 6.19. The number of rotatable bonds is 6. The van der Waals surface area contributed by atoms with Crippen LogP contribution < -0.4 is 5.32 Å². The molecular weight excluding hydrogens is 264 g/mol. The molecule has 2 rings (SSSR count). The van der Waals surface area contributed by atoms with E-state index in [2.05, 4.69) is 54.5 Å². The molecule has 0 spiro atoms. The minimum atomic E-state index is 0.913. The van der Waals surface area contributed by atoms with Crippen molar-refractivity contribution in [3.63, 3.8) is 0 Å². The van der Waals surface area contributed by atoms with Crippen molar-refractivity contribution in [1.82, 2.24) is 0 Å². The van der Waals surface area contributed by atoms with Crippen LogP contribution in [0.3, 0.4) is 0 Å². The van der Waals surface area contributed by atoms with Gasteiger partial charge in [0.05, 0.1) is 0 Å². The van der Waals surface area contributed by atoms with Gasteiger partial charge < -0.3 is 5.32 Å². The molecule has 0 saturated heterocycles. The van der Waals surface area contributed by atoms with Gasteiger partial charge in [-0.25, -0.2) is 0 Å². The van der Waals surface area contributed by atoms with Crippen LogP contribution in [0.25, 0.3) is 4.91 Å². The molecule has 1 aliphatic rings. The predicted octanol–water partition coefficient (Wildman–Crippen LogP) is 5.53. The summed E-state index contributed by atoms with van der Waals surface area (Å²) in [6, 6.07) is 8.51. The van der Waals surface area contributed by atoms with Crippen molar-refractivity contribution in [1.29, 1.82) is 0 Å². The normalized spacial score (nSPS) is 18.1. The molecule has 0 radical (unpaired) electrons. The molecule has 0 atom stereocenters. The number of anilines is 1. The summed E-state index contributed by atoms with van der Waals surface area (Å²) in [4.78, 5) is 6.03. The van der Waals surface area contributed by atoms with E-state index in [-0.39, 0.29) is 0 Å². The maximum Gasteiger partial charge on any atom is 0.165 e. The fourth-order valence-corrected chi connectivity index (χ4v) is 3.12. The zero-order chi connectivity index (χ0) is 14.2. The van der Waals surface area contributed by atoms with Crippen molar-refractivity contribution >= 4 is 27.5 Å². The molecular formula is C17H24N2S. The zero-order valence-electron chi connectivity index (χ0n) is 12.5. The van der Waals surface area contributed by atoms with Gasteiger partial charge in [0.2, 0.25) is 0 Å². The zero-order valence-corrected chi connectivity index (χ0v) is 13.3. The first-order valence-electron chi connectivity index (χ1n) is 7.64. The van der Waals surface area contributed by atoms with E-state index in [4.69, 9.17) is 0 Å². The van der Waals surface area contributed by atoms with E-state index in [0.29, 0.717) is 0 Å². The Morgan fingerprint density at radius 1 is 1.15 bits per heavy atom. The lowest BCUT2D eigenvalue weighted by Gasteiger charge is -2.21. The van der Waals surface area contributed by atoms with E-state index in [1.165, 1.54) is 35.4 Å². The van der Waals surface area contributed by atoms with Gasteiger partial charge >= 0.3 is 0 Å². The molecule has 2 nitrogen and oxygen atoms in total. The highest BCUT2D eigenvalue weighted by Crippen LogP contribution is 2.38. The number of amidine groups is 1. The lowest BCUT2D eigenvalue weighted by Crippen LogP contribution is -2.14. The third-order valence-corrected chi connectivity index (χ3v) is 4.33. The van der Waals surface area contributed by atoms with Gasteiger partial charge in [0.15, 0.2) is 5.17 Å². The molecule has 20 heavy (non-hydrogen) atoms. The first kappa shape index (κ1) is 15.2. The SMILES string of the molecule is CCCC/C=C1\SC(=NCCCC)Nc2ccccc21. The average molecular weight is 288 g/mol. The molecule has 0 unspecified atom stereocenters. The minimum absolute atomic E-state index is 0.913. The number of benzene rings is 1. The van der Waals surface area contributed by atoms with Crippen molar-refractivity contribution < 1.29 is 0 Å². The van der Waals surface area contributed by atoms with E-state index in [1.807, 2.05) is 0 Å². The average Bonchev–Trinajstić information content (AvgIpc) is 2.48. The molecule has 0 aliphatic carbocycles. The maximum atomic E-state index is 4.68. The Hall–Kier alpha value is -1.22. The monoisotopic (exact) mass is 288 g/mol. The number of para-hydroxylation sites is 1. The highest BCUT2D eigenvalue weighted by atomic mass is 32.2. The van der Waals surface area contributed by atoms with Crippen molar-refractivity contribution in [3.05, 3.63) is 35.9 Å². The largest absolute Gasteiger partial charge is 0.334 e. The van der Waals surface area contributed by atoms with Crippen LogP contribution in [0.4, 0.5) is 5.69 Å². The van der Waals surface area contributed by atoms with Crippen molar-refractivity contribution in [3.8, 4) is 0 Å². The second kappa shape index (κ2) is 8.15. The first-order valence-corrected chi connectivity index (χ1v) is 8.45. The molecule has 0 amide bonds. The van der Waals surface area contributed by atoms with Gasteiger partial charge in [-0.05, 0) is 18.9 Å². The standard InChI is InChI=1S/C17H24N2S/c1-3-5-7-12-16-14-10-8-9-11-15(14)19-17(20-16)18-13-6-4-2/h8-12H,3-7,13H2,1-2H3,(H,18,19)/b16-12-. The predicted molar refractivity (Wildman–Crippen MR) is 92.4 cm³/mol. The molecule has 1 aliphatic heterocycles. The smallest absolute Gasteiger partial charge is 0.165 e. The van der Waals surface area contributed by atoms with E-state index in [0.717, 1.165) is 24.6 Å². The summed E-state index contributed by atoms with van der Waals surface area (Å²) in [5.41, 5.74) is 2.49. The number of fused-ring (bicyclic) bond motifs is 1. The molecule has 1 aromatic rings. The van der Waals surface area contributed by atoms with E-state index >= 15 is 0 Å². The Labute approximate surface area is 126 Å². The molecule has 108 valence electrons. The fourth-order valence-electron chi connectivity index (χ4n) is 2.11. The molecule has 0 fully saturated rings. The van der Waals surface area contributed by atoms with Gasteiger partial charge in [-0.3, -0.25) is 4.99 Å². The quantitative estimate of drug-likeness (QED) is 0.696. The van der Waals surface area contributed by atoms with Gasteiger partial charge in [-0.15, -0.1) is 0 Å². The van der Waals surface area contributed by atoms with Crippen LogP contribution >= 0.6 is 11.8 Å². The maximum absolute atomic E-state index is 4.68. The summed E-state index contributed by atoms with van der Waals surface area (Å²) in [6.07, 6.45) is 8.35. The molecule has 3 heteroatoms. The summed E-state index contributed by atoms with van der Waals surface area (Å²) in [6.45, 7) is 5.35. The molecule has 1 aromatic carbocycles. The first-order chi connectivity index (χ1) is 9.85. The molecule has 1 heterocycles. The number of hydrogen-bond acceptors (Lipinski definition) is 2. The van der Waals surface area contributed by atoms with Crippen LogP contribution in [0.2, 0.25) is 0 Å². The summed E-state index contributed by atoms with van der Waals surface area (Å²) in [5.74, 6) is 0. The van der Waals surface area contributed by atoms with Gasteiger partial charge in [-0.1, -0.05) is 69.1 Å². The summed E-state index contributed by atoms with van der Waals surface area (Å²) in [7, 11) is 0. The van der Waals surface area contributed by atoms with Crippen LogP contribution in [-0.2, 0) is 0 Å². The number of thioether (sulfide) groups is 1. The lowest BCUT2D eigenvalue weighted by molar-refractivity contribution is 0.809. The Bertz CT molecular complexity index is 492. The third-order valence-electron chi connectivity index (χ3n) is 3.30. The van der Waals surface area contributed by atoms with Crippen LogP contribution in [-0.4, -0.2) is 11.7 Å². The molecule has 0 saturated carbocycles. The third kappa shape index (κ3) is 4.14. The topological polar surface area (TPSA) is 24.4 Å². The Morgan fingerprint density at radius 2 is 1.95 bits per heavy atom. The second-order valence-corrected chi connectivity index (χ2v) is 6.05. The fraction of sp³-hybridized carbons (Fsp3) is 0.471. The molecule has 0 aromatic heterocycles. The van der Waals surface area contributed by atoms with Crippen LogP contribution in [0.5, 0.6) is 0 Å². The number of hydrogen-bond donors (Lipinski definition) is 1. The van der Waals surface area contributed by atoms with E-state index < -0.39 is 0 Å². The Balaban J connectivity index is 2.17. The van der Waals surface area contributed by atoms with Crippen molar-refractivity contribution in [2.75, 3.05) is 11.9 Å². The van der Waals surface area contributed by atoms with Gasteiger partial charge in [0.25, 0.3) is 0 Å². The van der Waals surface area contributed by atoms with Crippen LogP contribution in [0, 0.1) is 0 Å². The minimum Gasteiger partial charge on any atom is -0.334 e. The number of allylic oxidation sites excluding steroid dienone is 1. The van der Waals surface area contributed by atoms with Crippen molar-refractivity contribution in [2.45, 2.75) is 46.0 Å². The highest BCUT2D eigenvalue weighted by Gasteiger charge is 2.17. The van der Waals surface area contributed by atoms with E-state index in [1.54, 1.807) is 11.8 Å². The van der Waals surface area contributed by atoms with Gasteiger partial charge in [0.1, 0.15) is 0 Å². The lowest BCUT2D eigenvalue weighted by atomic mass is 10.1. The van der Waals surface area contributed by atoms with E-state index in [9.17, 15) is 0 Å². The van der Waals surface area contributed by atoms with Gasteiger partial charge in [-0.2, -0.15) is 0 Å². The number of nitrogens with one attached hydrogen (secondary N) is 1. The van der Waals surface area contributed by atoms with Crippen LogP contribution in [0.15, 0.2) is 35.3 Å². The highest BCUT2D eigenvalue weighted by molar-refractivity contribution is 8.22. The summed E-state index contributed by atoms with van der Waals surface area (Å²) in [5, 5.41) is 4.49. The number of aliphatic imine (C=N–C) groups is 1. The number of unbranched alkanes of at least 4 members (excludes halogenated alkanes) is 3. The van der Waals surface area contributed by atoms with Crippen LogP contribution in [0.1, 0.15) is 51.5 Å². The molecule has 0 bridgehead atoms. The van der Waals surface area contributed by atoms with Gasteiger partial charge in [0, 0.05) is 22.7 Å². The molecule has 1 N–H and O–H groups in total. The van der Waals surface area contributed by atoms with Crippen molar-refractivity contribution in [2.24, 2.45) is 4.99 Å². The Morgan fingerprint density at radius 3 is 2.75 bits per heavy atom. The summed E-state index contributed by atoms with van der Waals surface area (Å²) < 4.78 is 0. The second-order valence-electron chi connectivity index (χ2n) is 5.02. The summed E-state index contributed by atoms with van der Waals surface area (Å²) >= 11 is 1.78.